The fourth-order valence-electron chi connectivity index (χ4n) is 3.56. The van der Waals surface area contributed by atoms with Gasteiger partial charge in [-0.15, -0.1) is 0 Å². The molecule has 1 heterocycles. The summed E-state index contributed by atoms with van der Waals surface area (Å²) in [7, 11) is 0. The zero-order valence-corrected chi connectivity index (χ0v) is 21.0. The Kier molecular flexibility index (Phi) is 8.31. The maximum absolute atomic E-state index is 13.3. The molecular formula is C26H33N7O3. The van der Waals surface area contributed by atoms with Gasteiger partial charge in [-0.05, 0) is 45.4 Å². The molecule has 10 nitrogen and oxygen atoms in total. The molecule has 1 aromatic heterocycles. The maximum atomic E-state index is 13.3. The van der Waals surface area contributed by atoms with E-state index in [4.69, 9.17) is 21.6 Å². The third-order valence-corrected chi connectivity index (χ3v) is 5.13. The van der Waals surface area contributed by atoms with Gasteiger partial charge < -0.3 is 26.8 Å². The van der Waals surface area contributed by atoms with E-state index >= 15 is 0 Å². The minimum absolute atomic E-state index is 0.0188. The molecule has 0 aliphatic rings. The Morgan fingerprint density at radius 1 is 1.14 bits per heavy atom. The van der Waals surface area contributed by atoms with Crippen LogP contribution in [0.4, 0.5) is 11.5 Å². The summed E-state index contributed by atoms with van der Waals surface area (Å²) < 4.78 is 7.17. The van der Waals surface area contributed by atoms with Crippen LogP contribution in [0.5, 0.6) is 5.75 Å². The molecule has 0 spiro atoms. The first-order valence-electron chi connectivity index (χ1n) is 11.7. The van der Waals surface area contributed by atoms with E-state index in [2.05, 4.69) is 15.6 Å². The second-order valence-electron chi connectivity index (χ2n) is 9.03. The predicted octanol–water partition coefficient (Wildman–Crippen LogP) is 2.70. The molecule has 0 aliphatic carbocycles. The molecule has 10 heteroatoms. The Bertz CT molecular complexity index is 1300. The van der Waals surface area contributed by atoms with Crippen molar-refractivity contribution in [3.63, 3.8) is 0 Å². The first-order chi connectivity index (χ1) is 17.0. The number of rotatable bonds is 10. The van der Waals surface area contributed by atoms with Crippen LogP contribution in [-0.2, 0) is 17.9 Å². The monoisotopic (exact) mass is 491 g/mol. The minimum Gasteiger partial charge on any atom is -0.491 e. The highest BCUT2D eigenvalue weighted by Gasteiger charge is 2.17. The number of amides is 1. The lowest BCUT2D eigenvalue weighted by atomic mass is 10.1. The van der Waals surface area contributed by atoms with Crippen molar-refractivity contribution >= 4 is 23.2 Å². The number of ether oxygens (including phenoxy) is 1. The number of nitrogens with zero attached hydrogens (tertiary/aromatic N) is 2. The number of carbonyl (C=O) groups excluding carboxylic acids is 1. The van der Waals surface area contributed by atoms with Gasteiger partial charge in [-0.2, -0.15) is 0 Å². The molecular weight excluding hydrogens is 458 g/mol. The van der Waals surface area contributed by atoms with Gasteiger partial charge in [0.15, 0.2) is 5.82 Å². The Hall–Kier alpha value is -4.34. The third-order valence-electron chi connectivity index (χ3n) is 5.13. The summed E-state index contributed by atoms with van der Waals surface area (Å²) in [5.41, 5.74) is 14.1. The zero-order valence-electron chi connectivity index (χ0n) is 21.0. The SMILES string of the molecule is CC(C)Nc1ncc(-c2cc(N)cc(OC(C)C)c2)n(CC(=O)NCc2ccc(C(=N)N)cc2)c1=O. The number of amidine groups is 1. The van der Waals surface area contributed by atoms with E-state index in [0.29, 0.717) is 28.3 Å². The fourth-order valence-corrected chi connectivity index (χ4v) is 3.56. The highest BCUT2D eigenvalue weighted by atomic mass is 16.5. The van der Waals surface area contributed by atoms with Gasteiger partial charge in [0, 0.05) is 35.5 Å². The van der Waals surface area contributed by atoms with Crippen LogP contribution in [0.2, 0.25) is 0 Å². The predicted molar refractivity (Wildman–Crippen MR) is 142 cm³/mol. The molecule has 0 saturated carbocycles. The Morgan fingerprint density at radius 3 is 2.44 bits per heavy atom. The fraction of sp³-hybridized carbons (Fsp3) is 0.308. The van der Waals surface area contributed by atoms with Gasteiger partial charge in [-0.1, -0.05) is 24.3 Å². The first-order valence-corrected chi connectivity index (χ1v) is 11.7. The summed E-state index contributed by atoms with van der Waals surface area (Å²) in [6.45, 7) is 7.65. The standard InChI is InChI=1S/C26H33N7O3/c1-15(2)32-25-26(35)33(14-23(34)30-12-17-5-7-18(8-6-17)24(28)29)22(13-31-25)19-9-20(27)11-21(10-19)36-16(3)4/h5-11,13,15-16H,12,14,27H2,1-4H3,(H3,28,29)(H,30,34)(H,31,32). The molecule has 190 valence electrons. The van der Waals surface area contributed by atoms with Crippen molar-refractivity contribution in [1.82, 2.24) is 14.9 Å². The van der Waals surface area contributed by atoms with Crippen LogP contribution < -0.4 is 32.4 Å². The van der Waals surface area contributed by atoms with Crippen LogP contribution in [-0.4, -0.2) is 33.4 Å². The number of carbonyl (C=O) groups is 1. The van der Waals surface area contributed by atoms with Gasteiger partial charge in [0.2, 0.25) is 5.91 Å². The number of hydrogen-bond acceptors (Lipinski definition) is 7. The largest absolute Gasteiger partial charge is 0.491 e. The van der Waals surface area contributed by atoms with Crippen molar-refractivity contribution in [1.29, 1.82) is 5.41 Å². The Morgan fingerprint density at radius 2 is 1.83 bits per heavy atom. The number of benzene rings is 2. The van der Waals surface area contributed by atoms with Gasteiger partial charge in [0.1, 0.15) is 18.1 Å². The normalized spacial score (nSPS) is 10.9. The first kappa shape index (κ1) is 26.3. The van der Waals surface area contributed by atoms with E-state index in [-0.39, 0.29) is 42.8 Å². The average molecular weight is 492 g/mol. The topological polar surface area (TPSA) is 161 Å². The van der Waals surface area contributed by atoms with Crippen molar-refractivity contribution in [3.8, 4) is 17.0 Å². The Balaban J connectivity index is 1.91. The Labute approximate surface area is 210 Å². The van der Waals surface area contributed by atoms with E-state index in [0.717, 1.165) is 5.56 Å². The molecule has 2 aromatic carbocycles. The highest BCUT2D eigenvalue weighted by molar-refractivity contribution is 5.94. The van der Waals surface area contributed by atoms with Gasteiger partial charge in [0.05, 0.1) is 18.0 Å². The van der Waals surface area contributed by atoms with Gasteiger partial charge in [-0.25, -0.2) is 4.98 Å². The molecule has 3 aromatic rings. The molecule has 1 amide bonds. The van der Waals surface area contributed by atoms with Crippen molar-refractivity contribution in [2.45, 2.75) is 52.9 Å². The smallest absolute Gasteiger partial charge is 0.294 e. The summed E-state index contributed by atoms with van der Waals surface area (Å²) in [5, 5.41) is 13.4. The molecule has 36 heavy (non-hydrogen) atoms. The van der Waals surface area contributed by atoms with Crippen LogP contribution in [0.3, 0.4) is 0 Å². The average Bonchev–Trinajstić information content (AvgIpc) is 2.79. The summed E-state index contributed by atoms with van der Waals surface area (Å²) in [4.78, 5) is 30.5. The number of hydrogen-bond donors (Lipinski definition) is 5. The van der Waals surface area contributed by atoms with Crippen LogP contribution in [0, 0.1) is 5.41 Å². The van der Waals surface area contributed by atoms with E-state index < -0.39 is 5.56 Å². The van der Waals surface area contributed by atoms with E-state index in [1.54, 1.807) is 48.7 Å². The van der Waals surface area contributed by atoms with Crippen molar-refractivity contribution < 1.29 is 9.53 Å². The molecule has 3 rings (SSSR count). The van der Waals surface area contributed by atoms with Gasteiger partial charge in [0.25, 0.3) is 5.56 Å². The summed E-state index contributed by atoms with van der Waals surface area (Å²) >= 11 is 0. The minimum atomic E-state index is -0.420. The number of nitrogen functional groups attached to an aromatic ring is 2. The van der Waals surface area contributed by atoms with Crippen LogP contribution in [0.15, 0.2) is 53.5 Å². The second-order valence-corrected chi connectivity index (χ2v) is 9.03. The molecule has 7 N–H and O–H groups in total. The summed E-state index contributed by atoms with van der Waals surface area (Å²) in [5.74, 6) is 0.341. The van der Waals surface area contributed by atoms with Crippen molar-refractivity contribution in [2.24, 2.45) is 5.73 Å². The van der Waals surface area contributed by atoms with Crippen LogP contribution in [0.1, 0.15) is 38.8 Å². The third kappa shape index (κ3) is 6.84. The number of aromatic nitrogens is 2. The highest BCUT2D eigenvalue weighted by Crippen LogP contribution is 2.27. The molecule has 0 fully saturated rings. The van der Waals surface area contributed by atoms with Gasteiger partial charge in [-0.3, -0.25) is 19.6 Å². The molecule has 0 aliphatic heterocycles. The molecule has 0 bridgehead atoms. The van der Waals surface area contributed by atoms with Crippen LogP contribution >= 0.6 is 0 Å². The molecule has 0 radical (unpaired) electrons. The number of nitrogens with one attached hydrogen (secondary N) is 3. The van der Waals surface area contributed by atoms with Crippen LogP contribution in [0.25, 0.3) is 11.3 Å². The lowest BCUT2D eigenvalue weighted by Gasteiger charge is -2.17. The molecule has 0 saturated heterocycles. The van der Waals surface area contributed by atoms with E-state index in [1.807, 2.05) is 27.7 Å². The molecule has 0 unspecified atom stereocenters. The summed E-state index contributed by atoms with van der Waals surface area (Å²) in [6.07, 6.45) is 1.49. The molecule has 0 atom stereocenters. The zero-order chi connectivity index (χ0) is 26.4. The van der Waals surface area contributed by atoms with E-state index in [9.17, 15) is 9.59 Å². The van der Waals surface area contributed by atoms with Gasteiger partial charge >= 0.3 is 0 Å². The second kappa shape index (κ2) is 11.4. The maximum Gasteiger partial charge on any atom is 0.294 e. The summed E-state index contributed by atoms with van der Waals surface area (Å²) in [6, 6.07) is 12.2. The van der Waals surface area contributed by atoms with Crippen molar-refractivity contribution in [2.75, 3.05) is 11.1 Å². The lowest BCUT2D eigenvalue weighted by Crippen LogP contribution is -2.35. The number of nitrogens with two attached hydrogens (primary N) is 2. The lowest BCUT2D eigenvalue weighted by molar-refractivity contribution is -0.121. The van der Waals surface area contributed by atoms with Crippen molar-refractivity contribution in [3.05, 3.63) is 70.1 Å². The quantitative estimate of drug-likeness (QED) is 0.165. The number of anilines is 2. The van der Waals surface area contributed by atoms with E-state index in [1.165, 1.54) is 4.57 Å².